The van der Waals surface area contributed by atoms with Crippen LogP contribution in [0.2, 0.25) is 0 Å². The Kier molecular flexibility index (Phi) is 2.02. The number of piperidine rings is 1. The van der Waals surface area contributed by atoms with Gasteiger partial charge in [-0.2, -0.15) is 5.48 Å². The first kappa shape index (κ1) is 6.51. The van der Waals surface area contributed by atoms with E-state index in [1.807, 2.05) is 5.48 Å². The SMILES string of the molecule is O=C1NCCCC1NO. The first-order valence-electron chi connectivity index (χ1n) is 3.02. The summed E-state index contributed by atoms with van der Waals surface area (Å²) in [4.78, 5) is 10.7. The summed E-state index contributed by atoms with van der Waals surface area (Å²) in [7, 11) is 0. The third-order valence-corrected chi connectivity index (χ3v) is 1.44. The number of nitrogens with one attached hydrogen (secondary N) is 2. The predicted octanol–water partition coefficient (Wildman–Crippen LogP) is -0.756. The summed E-state index contributed by atoms with van der Waals surface area (Å²) < 4.78 is 0. The van der Waals surface area contributed by atoms with Crippen molar-refractivity contribution in [1.29, 1.82) is 0 Å². The van der Waals surface area contributed by atoms with Gasteiger partial charge < -0.3 is 10.5 Å². The van der Waals surface area contributed by atoms with E-state index in [2.05, 4.69) is 5.32 Å². The molecule has 1 aliphatic rings. The highest BCUT2D eigenvalue weighted by atomic mass is 16.5. The zero-order valence-corrected chi connectivity index (χ0v) is 5.05. The molecule has 0 aromatic carbocycles. The van der Waals surface area contributed by atoms with E-state index in [9.17, 15) is 4.79 Å². The molecule has 0 bridgehead atoms. The molecular weight excluding hydrogens is 120 g/mol. The van der Waals surface area contributed by atoms with E-state index in [4.69, 9.17) is 5.21 Å². The molecule has 1 amide bonds. The minimum atomic E-state index is -0.390. The van der Waals surface area contributed by atoms with Crippen molar-refractivity contribution < 1.29 is 10.0 Å². The maximum absolute atomic E-state index is 10.7. The van der Waals surface area contributed by atoms with Crippen molar-refractivity contribution in [2.45, 2.75) is 18.9 Å². The molecule has 9 heavy (non-hydrogen) atoms. The lowest BCUT2D eigenvalue weighted by molar-refractivity contribution is -0.127. The highest BCUT2D eigenvalue weighted by Gasteiger charge is 2.19. The summed E-state index contributed by atoms with van der Waals surface area (Å²) in [6.45, 7) is 0.733. The average Bonchev–Trinajstić information content (AvgIpc) is 1.89. The summed E-state index contributed by atoms with van der Waals surface area (Å²) in [5, 5.41) is 11.0. The quantitative estimate of drug-likeness (QED) is 0.409. The lowest BCUT2D eigenvalue weighted by Crippen LogP contribution is -2.47. The topological polar surface area (TPSA) is 61.4 Å². The molecule has 1 atom stereocenters. The number of carbonyl (C=O) groups is 1. The molecule has 1 unspecified atom stereocenters. The van der Waals surface area contributed by atoms with E-state index in [1.165, 1.54) is 0 Å². The zero-order chi connectivity index (χ0) is 6.69. The Morgan fingerprint density at radius 3 is 3.00 bits per heavy atom. The number of hydrogen-bond donors (Lipinski definition) is 3. The van der Waals surface area contributed by atoms with Gasteiger partial charge in [0.05, 0.1) is 0 Å². The van der Waals surface area contributed by atoms with Crippen LogP contribution in [-0.4, -0.2) is 23.7 Å². The Hall–Kier alpha value is -0.610. The molecule has 1 saturated heterocycles. The summed E-state index contributed by atoms with van der Waals surface area (Å²) in [6, 6.07) is -0.390. The molecule has 4 nitrogen and oxygen atoms in total. The standard InChI is InChI=1S/C5H10N2O2/c8-5-4(7-9)2-1-3-6-5/h4,7,9H,1-3H2,(H,6,8). The van der Waals surface area contributed by atoms with E-state index in [0.717, 1.165) is 19.4 Å². The van der Waals surface area contributed by atoms with Crippen LogP contribution in [0.25, 0.3) is 0 Å². The predicted molar refractivity (Wildman–Crippen MR) is 31.0 cm³/mol. The van der Waals surface area contributed by atoms with Crippen LogP contribution in [0.3, 0.4) is 0 Å². The van der Waals surface area contributed by atoms with E-state index in [-0.39, 0.29) is 5.91 Å². The fourth-order valence-corrected chi connectivity index (χ4v) is 0.895. The molecule has 52 valence electrons. The normalized spacial score (nSPS) is 27.7. The molecule has 3 N–H and O–H groups in total. The molecule has 1 aliphatic heterocycles. The van der Waals surface area contributed by atoms with Gasteiger partial charge >= 0.3 is 0 Å². The second-order valence-electron chi connectivity index (χ2n) is 2.11. The zero-order valence-electron chi connectivity index (χ0n) is 5.05. The summed E-state index contributed by atoms with van der Waals surface area (Å²) >= 11 is 0. The number of amides is 1. The molecule has 0 radical (unpaired) electrons. The molecule has 1 heterocycles. The van der Waals surface area contributed by atoms with Crippen LogP contribution < -0.4 is 10.8 Å². The van der Waals surface area contributed by atoms with Crippen LogP contribution in [0.1, 0.15) is 12.8 Å². The van der Waals surface area contributed by atoms with E-state index in [0.29, 0.717) is 0 Å². The first-order chi connectivity index (χ1) is 4.34. The second kappa shape index (κ2) is 2.80. The largest absolute Gasteiger partial charge is 0.355 e. The van der Waals surface area contributed by atoms with Crippen LogP contribution in [0.4, 0.5) is 0 Å². The van der Waals surface area contributed by atoms with Crippen molar-refractivity contribution in [3.05, 3.63) is 0 Å². The minimum Gasteiger partial charge on any atom is -0.355 e. The summed E-state index contributed by atoms with van der Waals surface area (Å²) in [5.41, 5.74) is 1.94. The molecule has 1 fully saturated rings. The molecule has 0 spiro atoms. The summed E-state index contributed by atoms with van der Waals surface area (Å²) in [5.74, 6) is -0.108. The van der Waals surface area contributed by atoms with Gasteiger partial charge in [-0.25, -0.2) is 0 Å². The van der Waals surface area contributed by atoms with Crippen LogP contribution in [0.5, 0.6) is 0 Å². The van der Waals surface area contributed by atoms with E-state index < -0.39 is 6.04 Å². The maximum Gasteiger partial charge on any atom is 0.239 e. The van der Waals surface area contributed by atoms with Crippen LogP contribution in [-0.2, 0) is 4.79 Å². The summed E-state index contributed by atoms with van der Waals surface area (Å²) in [6.07, 6.45) is 1.66. The number of hydroxylamine groups is 1. The van der Waals surface area contributed by atoms with Crippen LogP contribution in [0.15, 0.2) is 0 Å². The molecular formula is C5H10N2O2. The van der Waals surface area contributed by atoms with Crippen molar-refractivity contribution in [3.8, 4) is 0 Å². The minimum absolute atomic E-state index is 0.108. The Bertz CT molecular complexity index is 116. The fourth-order valence-electron chi connectivity index (χ4n) is 0.895. The molecule has 4 heteroatoms. The molecule has 0 aliphatic carbocycles. The third-order valence-electron chi connectivity index (χ3n) is 1.44. The van der Waals surface area contributed by atoms with Gasteiger partial charge in [0.1, 0.15) is 6.04 Å². The van der Waals surface area contributed by atoms with Crippen molar-refractivity contribution in [1.82, 2.24) is 10.8 Å². The van der Waals surface area contributed by atoms with Gasteiger partial charge in [-0.1, -0.05) is 0 Å². The van der Waals surface area contributed by atoms with Crippen LogP contribution in [0, 0.1) is 0 Å². The third kappa shape index (κ3) is 1.40. The first-order valence-corrected chi connectivity index (χ1v) is 3.02. The van der Waals surface area contributed by atoms with Gasteiger partial charge in [-0.05, 0) is 12.8 Å². The number of hydrogen-bond acceptors (Lipinski definition) is 3. The highest BCUT2D eigenvalue weighted by Crippen LogP contribution is 2.00. The van der Waals surface area contributed by atoms with Crippen molar-refractivity contribution in [3.63, 3.8) is 0 Å². The van der Waals surface area contributed by atoms with Gasteiger partial charge in [-0.15, -0.1) is 0 Å². The number of carbonyl (C=O) groups excluding carboxylic acids is 1. The van der Waals surface area contributed by atoms with Crippen molar-refractivity contribution >= 4 is 5.91 Å². The van der Waals surface area contributed by atoms with Gasteiger partial charge in [0, 0.05) is 6.54 Å². The van der Waals surface area contributed by atoms with Crippen molar-refractivity contribution in [2.24, 2.45) is 0 Å². The van der Waals surface area contributed by atoms with E-state index in [1.54, 1.807) is 0 Å². The Balaban J connectivity index is 2.39. The van der Waals surface area contributed by atoms with Crippen molar-refractivity contribution in [2.75, 3.05) is 6.54 Å². The van der Waals surface area contributed by atoms with Gasteiger partial charge in [-0.3, -0.25) is 4.79 Å². The average molecular weight is 130 g/mol. The molecule has 0 aromatic rings. The Morgan fingerprint density at radius 1 is 1.78 bits per heavy atom. The molecule has 0 saturated carbocycles. The van der Waals surface area contributed by atoms with E-state index >= 15 is 0 Å². The number of rotatable bonds is 1. The van der Waals surface area contributed by atoms with Crippen LogP contribution >= 0.6 is 0 Å². The lowest BCUT2D eigenvalue weighted by Gasteiger charge is -2.19. The maximum atomic E-state index is 10.7. The Morgan fingerprint density at radius 2 is 2.56 bits per heavy atom. The Labute approximate surface area is 53.2 Å². The lowest BCUT2D eigenvalue weighted by atomic mass is 10.1. The smallest absolute Gasteiger partial charge is 0.239 e. The van der Waals surface area contributed by atoms with Gasteiger partial charge in [0.25, 0.3) is 0 Å². The second-order valence-corrected chi connectivity index (χ2v) is 2.11. The fraction of sp³-hybridized carbons (Fsp3) is 0.800. The van der Waals surface area contributed by atoms with Gasteiger partial charge in [0.2, 0.25) is 5.91 Å². The monoisotopic (exact) mass is 130 g/mol. The highest BCUT2D eigenvalue weighted by molar-refractivity contribution is 5.82. The molecule has 1 rings (SSSR count). The molecule has 0 aromatic heterocycles. The van der Waals surface area contributed by atoms with Gasteiger partial charge in [0.15, 0.2) is 0 Å².